The molecule has 64 heavy (non-hydrogen) atoms. The van der Waals surface area contributed by atoms with Crippen molar-refractivity contribution >= 4 is 16.4 Å². The van der Waals surface area contributed by atoms with Crippen LogP contribution in [0, 0.1) is 0 Å². The first-order valence-electron chi connectivity index (χ1n) is 23.6. The number of ether oxygens (including phenoxy) is 4. The number of unbranched alkanes of at least 4 members (excludes halogenated alkanes) is 8. The lowest BCUT2D eigenvalue weighted by atomic mass is 9.99. The fourth-order valence-corrected chi connectivity index (χ4v) is 6.90. The van der Waals surface area contributed by atoms with E-state index < -0.39 is 59.8 Å². The van der Waals surface area contributed by atoms with Gasteiger partial charge < -0.3 is 34.3 Å². The molecule has 0 aliphatic carbocycles. The standard InChI is InChI=1S/C51H82O12S/c1-3-5-7-9-11-13-15-17-19-20-21-22-23-24-25-27-29-31-33-35-37-39-41-59-43-45(44-60-51-49(55)50(63-64(56,57)58)48(54)46(42-52)62-51)61-47(53)40-38-36-34-32-30-28-26-18-16-14-12-10-8-6-4-2/h5-8,11-14,17-19,21-22,24-26,29,31,45-46,48-52,54-55H,3-4,9-10,15-16,20,23,27-28,30,32-44H2,1-2H3,(H,56,57,58)/b7-5-,8-6-,13-11-,14-12-,19-17-,22-21-,25-24-,26-18-,31-29-. The third-order valence-corrected chi connectivity index (χ3v) is 10.4. The first-order valence-corrected chi connectivity index (χ1v) is 25.0. The van der Waals surface area contributed by atoms with Crippen molar-refractivity contribution in [2.75, 3.05) is 26.4 Å². The van der Waals surface area contributed by atoms with Crippen molar-refractivity contribution in [3.05, 3.63) is 109 Å². The maximum Gasteiger partial charge on any atom is 0.397 e. The Morgan fingerprint density at radius 2 is 1.03 bits per heavy atom. The number of hydrogen-bond acceptors (Lipinski definition) is 11. The van der Waals surface area contributed by atoms with E-state index >= 15 is 0 Å². The van der Waals surface area contributed by atoms with Crippen LogP contribution in [0.15, 0.2) is 109 Å². The molecule has 0 saturated carbocycles. The summed E-state index contributed by atoms with van der Waals surface area (Å²) in [5.74, 6) is -0.434. The van der Waals surface area contributed by atoms with Crippen LogP contribution in [-0.4, -0.2) is 97.5 Å². The van der Waals surface area contributed by atoms with Gasteiger partial charge in [-0.15, -0.1) is 0 Å². The number of rotatable bonds is 39. The van der Waals surface area contributed by atoms with Crippen LogP contribution in [0.4, 0.5) is 0 Å². The molecule has 0 bridgehead atoms. The quantitative estimate of drug-likeness (QED) is 0.0199. The average Bonchev–Trinajstić information content (AvgIpc) is 3.27. The van der Waals surface area contributed by atoms with Gasteiger partial charge in [-0.2, -0.15) is 8.42 Å². The highest BCUT2D eigenvalue weighted by Crippen LogP contribution is 2.26. The summed E-state index contributed by atoms with van der Waals surface area (Å²) in [5.41, 5.74) is 0. The van der Waals surface area contributed by atoms with Crippen LogP contribution in [0.5, 0.6) is 0 Å². The summed E-state index contributed by atoms with van der Waals surface area (Å²) in [6.07, 6.45) is 48.4. The largest absolute Gasteiger partial charge is 0.457 e. The zero-order valence-electron chi connectivity index (χ0n) is 38.8. The Labute approximate surface area is 386 Å². The number of hydrogen-bond donors (Lipinski definition) is 4. The first-order chi connectivity index (χ1) is 31.1. The molecule has 6 atom stereocenters. The highest BCUT2D eigenvalue weighted by Gasteiger charge is 2.48. The number of allylic oxidation sites excluding steroid dienone is 18. The van der Waals surface area contributed by atoms with Gasteiger partial charge in [0.05, 0.1) is 19.8 Å². The molecule has 0 aromatic rings. The molecule has 1 saturated heterocycles. The Balaban J connectivity index is 2.45. The zero-order valence-corrected chi connectivity index (χ0v) is 39.6. The Morgan fingerprint density at radius 3 is 1.50 bits per heavy atom. The molecule has 0 radical (unpaired) electrons. The number of esters is 1. The molecular formula is C51H82O12S. The van der Waals surface area contributed by atoms with Gasteiger partial charge in [0.15, 0.2) is 6.29 Å². The van der Waals surface area contributed by atoms with Crippen LogP contribution in [0.25, 0.3) is 0 Å². The van der Waals surface area contributed by atoms with E-state index in [2.05, 4.69) is 127 Å². The van der Waals surface area contributed by atoms with E-state index in [4.69, 9.17) is 18.9 Å². The van der Waals surface area contributed by atoms with Crippen molar-refractivity contribution in [2.45, 2.75) is 179 Å². The van der Waals surface area contributed by atoms with Gasteiger partial charge in [0.25, 0.3) is 0 Å². The molecule has 1 aliphatic rings. The molecule has 0 aromatic heterocycles. The van der Waals surface area contributed by atoms with Crippen molar-refractivity contribution < 1.29 is 56.2 Å². The molecule has 0 spiro atoms. The van der Waals surface area contributed by atoms with E-state index in [1.165, 1.54) is 0 Å². The van der Waals surface area contributed by atoms with Gasteiger partial charge in [-0.25, -0.2) is 4.18 Å². The predicted octanol–water partition coefficient (Wildman–Crippen LogP) is 10.4. The highest BCUT2D eigenvalue weighted by atomic mass is 32.3. The molecule has 1 heterocycles. The van der Waals surface area contributed by atoms with E-state index in [-0.39, 0.29) is 19.6 Å². The number of carbonyl (C=O) groups is 1. The summed E-state index contributed by atoms with van der Waals surface area (Å²) in [5, 5.41) is 30.7. The second kappa shape index (κ2) is 41.2. The molecule has 1 fully saturated rings. The summed E-state index contributed by atoms with van der Waals surface area (Å²) in [6.45, 7) is 3.63. The number of carbonyl (C=O) groups excluding carboxylic acids is 1. The van der Waals surface area contributed by atoms with Crippen LogP contribution < -0.4 is 0 Å². The number of aliphatic hydroxyl groups is 3. The average molecular weight is 919 g/mol. The van der Waals surface area contributed by atoms with Gasteiger partial charge in [0.2, 0.25) is 0 Å². The smallest absolute Gasteiger partial charge is 0.397 e. The summed E-state index contributed by atoms with van der Waals surface area (Å²) < 4.78 is 59.1. The van der Waals surface area contributed by atoms with E-state index in [0.717, 1.165) is 116 Å². The second-order valence-corrected chi connectivity index (χ2v) is 16.6. The van der Waals surface area contributed by atoms with E-state index in [9.17, 15) is 33.1 Å². The molecule has 1 rings (SSSR count). The van der Waals surface area contributed by atoms with Crippen LogP contribution in [0.2, 0.25) is 0 Å². The maximum atomic E-state index is 12.9. The van der Waals surface area contributed by atoms with Gasteiger partial charge in [-0.1, -0.05) is 149 Å². The molecule has 364 valence electrons. The van der Waals surface area contributed by atoms with Crippen molar-refractivity contribution in [1.29, 1.82) is 0 Å². The third kappa shape index (κ3) is 34.2. The van der Waals surface area contributed by atoms with Crippen LogP contribution >= 0.6 is 0 Å². The molecule has 4 N–H and O–H groups in total. The zero-order chi connectivity index (χ0) is 46.8. The first kappa shape index (κ1) is 58.8. The third-order valence-electron chi connectivity index (χ3n) is 9.89. The minimum Gasteiger partial charge on any atom is -0.457 e. The molecule has 0 aromatic carbocycles. The fraction of sp³-hybridized carbons (Fsp3) is 0.627. The summed E-state index contributed by atoms with van der Waals surface area (Å²) in [7, 11) is -5.08. The lowest BCUT2D eigenvalue weighted by Crippen LogP contribution is -2.60. The molecule has 12 nitrogen and oxygen atoms in total. The molecular weight excluding hydrogens is 837 g/mol. The van der Waals surface area contributed by atoms with Crippen molar-refractivity contribution in [2.24, 2.45) is 0 Å². The second-order valence-electron chi connectivity index (χ2n) is 15.6. The lowest BCUT2D eigenvalue weighted by Gasteiger charge is -2.41. The Kier molecular flexibility index (Phi) is 37.8. The minimum atomic E-state index is -5.08. The van der Waals surface area contributed by atoms with Gasteiger partial charge in [0, 0.05) is 13.0 Å². The van der Waals surface area contributed by atoms with Gasteiger partial charge in [0.1, 0.15) is 30.5 Å². The van der Waals surface area contributed by atoms with E-state index in [0.29, 0.717) is 13.0 Å². The van der Waals surface area contributed by atoms with Crippen LogP contribution in [0.1, 0.15) is 142 Å². The summed E-state index contributed by atoms with van der Waals surface area (Å²) in [4.78, 5) is 12.9. The summed E-state index contributed by atoms with van der Waals surface area (Å²) in [6, 6.07) is 0. The Morgan fingerprint density at radius 1 is 0.594 bits per heavy atom. The van der Waals surface area contributed by atoms with Crippen molar-refractivity contribution in [3.8, 4) is 0 Å². The Hall–Kier alpha value is -3.24. The normalized spacial score (nSPS) is 20.8. The molecule has 0 amide bonds. The highest BCUT2D eigenvalue weighted by molar-refractivity contribution is 7.80. The van der Waals surface area contributed by atoms with Crippen LogP contribution in [0.3, 0.4) is 0 Å². The molecule has 13 heteroatoms. The van der Waals surface area contributed by atoms with E-state index in [1.54, 1.807) is 0 Å². The lowest BCUT2D eigenvalue weighted by molar-refractivity contribution is -0.301. The van der Waals surface area contributed by atoms with Gasteiger partial charge in [-0.3, -0.25) is 9.35 Å². The van der Waals surface area contributed by atoms with Crippen molar-refractivity contribution in [1.82, 2.24) is 0 Å². The van der Waals surface area contributed by atoms with Gasteiger partial charge in [-0.05, 0) is 96.3 Å². The topological polar surface area (TPSA) is 178 Å². The minimum absolute atomic E-state index is 0.00206. The monoisotopic (exact) mass is 919 g/mol. The fourth-order valence-electron chi connectivity index (χ4n) is 6.39. The van der Waals surface area contributed by atoms with Crippen LogP contribution in [-0.2, 0) is 38.3 Å². The maximum absolute atomic E-state index is 12.9. The van der Waals surface area contributed by atoms with Crippen molar-refractivity contribution in [3.63, 3.8) is 0 Å². The number of aliphatic hydroxyl groups excluding tert-OH is 3. The summed E-state index contributed by atoms with van der Waals surface area (Å²) >= 11 is 0. The van der Waals surface area contributed by atoms with E-state index in [1.807, 2.05) is 0 Å². The predicted molar refractivity (Wildman–Crippen MR) is 257 cm³/mol. The Bertz CT molecular complexity index is 1530. The SMILES string of the molecule is CC/C=C\C/C=C\C/C=C\C/C=C\C/C=C\C/C=C\CCCCCOCC(COC1OC(CO)C(O)C(OS(=O)(=O)O)C1O)OC(=O)CCCCCCC/C=C\C/C=C\C/C=C\CC. The molecule has 6 unspecified atom stereocenters. The van der Waals surface area contributed by atoms with Gasteiger partial charge >= 0.3 is 16.4 Å². The molecule has 1 aliphatic heterocycles.